The summed E-state index contributed by atoms with van der Waals surface area (Å²) in [7, 11) is 0. The van der Waals surface area contributed by atoms with Crippen molar-refractivity contribution in [2.45, 2.75) is 20.3 Å². The Balaban J connectivity index is 2.01. The van der Waals surface area contributed by atoms with Crippen molar-refractivity contribution in [3.8, 4) is 0 Å². The van der Waals surface area contributed by atoms with Crippen LogP contribution < -0.4 is 5.32 Å². The molecule has 3 nitrogen and oxygen atoms in total. The van der Waals surface area contributed by atoms with E-state index < -0.39 is 0 Å². The maximum atomic E-state index is 11.6. The zero-order valence-corrected chi connectivity index (χ0v) is 8.49. The van der Waals surface area contributed by atoms with Gasteiger partial charge in [-0.25, -0.2) is 0 Å². The van der Waals surface area contributed by atoms with Gasteiger partial charge in [0.05, 0.1) is 11.8 Å². The Kier molecular flexibility index (Phi) is 1.44. The molecule has 3 rings (SSSR count). The molecule has 2 aliphatic carbocycles. The molecule has 0 aromatic heterocycles. The summed E-state index contributed by atoms with van der Waals surface area (Å²) in [4.78, 5) is 23.2. The van der Waals surface area contributed by atoms with Gasteiger partial charge in [0.2, 0.25) is 11.8 Å². The maximum absolute atomic E-state index is 11.6. The normalized spacial score (nSPS) is 55.0. The summed E-state index contributed by atoms with van der Waals surface area (Å²) in [5.74, 6) is 2.16. The average molecular weight is 193 g/mol. The van der Waals surface area contributed by atoms with Crippen molar-refractivity contribution in [2.24, 2.45) is 35.5 Å². The van der Waals surface area contributed by atoms with Crippen LogP contribution in [0.5, 0.6) is 0 Å². The van der Waals surface area contributed by atoms with Crippen LogP contribution in [0.4, 0.5) is 0 Å². The fourth-order valence-corrected chi connectivity index (χ4v) is 4.01. The minimum absolute atomic E-state index is 0.00810. The second kappa shape index (κ2) is 2.38. The zero-order chi connectivity index (χ0) is 10.0. The summed E-state index contributed by atoms with van der Waals surface area (Å²) in [6.07, 6.45) is 1.09. The summed E-state index contributed by atoms with van der Waals surface area (Å²) in [6, 6.07) is 0. The van der Waals surface area contributed by atoms with Crippen molar-refractivity contribution >= 4 is 11.8 Å². The molecule has 3 fully saturated rings. The summed E-state index contributed by atoms with van der Waals surface area (Å²) in [5, 5.41) is 2.48. The number of hydrogen-bond acceptors (Lipinski definition) is 2. The van der Waals surface area contributed by atoms with E-state index in [1.807, 2.05) is 0 Å². The third kappa shape index (κ3) is 0.748. The summed E-state index contributed by atoms with van der Waals surface area (Å²) in [5.41, 5.74) is 0. The van der Waals surface area contributed by atoms with Gasteiger partial charge in [-0.2, -0.15) is 0 Å². The van der Waals surface area contributed by atoms with Crippen molar-refractivity contribution in [3.63, 3.8) is 0 Å². The maximum Gasteiger partial charge on any atom is 0.230 e. The molecule has 1 N–H and O–H groups in total. The van der Waals surface area contributed by atoms with E-state index in [0.29, 0.717) is 23.7 Å². The zero-order valence-electron chi connectivity index (χ0n) is 8.49. The molecular weight excluding hydrogens is 178 g/mol. The first-order valence-corrected chi connectivity index (χ1v) is 5.46. The fourth-order valence-electron chi connectivity index (χ4n) is 4.01. The number of imide groups is 1. The first-order valence-electron chi connectivity index (χ1n) is 5.46. The van der Waals surface area contributed by atoms with Gasteiger partial charge in [-0.05, 0) is 30.1 Å². The van der Waals surface area contributed by atoms with Crippen molar-refractivity contribution in [1.82, 2.24) is 5.32 Å². The van der Waals surface area contributed by atoms with Crippen LogP contribution in [0.15, 0.2) is 0 Å². The number of amides is 2. The SMILES string of the molecule is CC1C(C)C2CC1C1C(=O)NC(=O)C21. The highest BCUT2D eigenvalue weighted by Gasteiger charge is 2.62. The van der Waals surface area contributed by atoms with Crippen LogP contribution in [0.1, 0.15) is 20.3 Å². The molecule has 2 bridgehead atoms. The number of hydrogen-bond donors (Lipinski definition) is 1. The summed E-state index contributed by atoms with van der Waals surface area (Å²) >= 11 is 0. The monoisotopic (exact) mass is 193 g/mol. The van der Waals surface area contributed by atoms with Gasteiger partial charge in [0.1, 0.15) is 0 Å². The molecule has 0 spiro atoms. The number of nitrogens with one attached hydrogen (secondary N) is 1. The molecule has 0 aromatic rings. The first-order chi connectivity index (χ1) is 6.61. The third-order valence-electron chi connectivity index (χ3n) is 4.89. The van der Waals surface area contributed by atoms with E-state index in [2.05, 4.69) is 19.2 Å². The quantitative estimate of drug-likeness (QED) is 0.578. The minimum atomic E-state index is -0.00810. The van der Waals surface area contributed by atoms with Crippen LogP contribution in [0.3, 0.4) is 0 Å². The van der Waals surface area contributed by atoms with Gasteiger partial charge in [0.25, 0.3) is 0 Å². The molecule has 76 valence electrons. The summed E-state index contributed by atoms with van der Waals surface area (Å²) < 4.78 is 0. The topological polar surface area (TPSA) is 46.2 Å². The van der Waals surface area contributed by atoms with E-state index >= 15 is 0 Å². The van der Waals surface area contributed by atoms with Crippen molar-refractivity contribution in [3.05, 3.63) is 0 Å². The van der Waals surface area contributed by atoms with Crippen LogP contribution in [0.2, 0.25) is 0 Å². The highest BCUT2D eigenvalue weighted by molar-refractivity contribution is 6.06. The summed E-state index contributed by atoms with van der Waals surface area (Å²) in [6.45, 7) is 4.45. The highest BCUT2D eigenvalue weighted by atomic mass is 16.2. The molecular formula is C11H15NO2. The van der Waals surface area contributed by atoms with Gasteiger partial charge in [0.15, 0.2) is 0 Å². The van der Waals surface area contributed by atoms with E-state index in [0.717, 1.165) is 6.42 Å². The van der Waals surface area contributed by atoms with Crippen LogP contribution in [0.25, 0.3) is 0 Å². The third-order valence-corrected chi connectivity index (χ3v) is 4.89. The van der Waals surface area contributed by atoms with Gasteiger partial charge in [0, 0.05) is 0 Å². The van der Waals surface area contributed by atoms with Gasteiger partial charge < -0.3 is 0 Å². The van der Waals surface area contributed by atoms with Gasteiger partial charge >= 0.3 is 0 Å². The van der Waals surface area contributed by atoms with E-state index in [-0.39, 0.29) is 23.7 Å². The number of carbonyl (C=O) groups excluding carboxylic acids is 2. The van der Waals surface area contributed by atoms with Crippen LogP contribution in [0, 0.1) is 35.5 Å². The lowest BCUT2D eigenvalue weighted by Crippen LogP contribution is -2.34. The molecule has 1 heterocycles. The van der Waals surface area contributed by atoms with E-state index in [9.17, 15) is 9.59 Å². The number of rotatable bonds is 0. The Hall–Kier alpha value is -0.860. The molecule has 1 saturated heterocycles. The Bertz CT molecular complexity index is 295. The Morgan fingerprint density at radius 2 is 1.43 bits per heavy atom. The van der Waals surface area contributed by atoms with E-state index in [1.54, 1.807) is 0 Å². The molecule has 2 amide bonds. The van der Waals surface area contributed by atoms with Crippen molar-refractivity contribution in [2.75, 3.05) is 0 Å². The van der Waals surface area contributed by atoms with Gasteiger partial charge in [-0.1, -0.05) is 13.8 Å². The second-order valence-corrected chi connectivity index (χ2v) is 5.19. The lowest BCUT2D eigenvalue weighted by Gasteiger charge is -2.31. The lowest BCUT2D eigenvalue weighted by molar-refractivity contribution is -0.126. The lowest BCUT2D eigenvalue weighted by atomic mass is 9.70. The molecule has 3 heteroatoms. The second-order valence-electron chi connectivity index (χ2n) is 5.19. The van der Waals surface area contributed by atoms with Crippen LogP contribution in [-0.2, 0) is 9.59 Å². The molecule has 2 saturated carbocycles. The Morgan fingerprint density at radius 3 is 1.86 bits per heavy atom. The predicted molar refractivity (Wildman–Crippen MR) is 50.1 cm³/mol. The smallest absolute Gasteiger partial charge is 0.230 e. The highest BCUT2D eigenvalue weighted by Crippen LogP contribution is 2.59. The van der Waals surface area contributed by atoms with Crippen LogP contribution in [-0.4, -0.2) is 11.8 Å². The average Bonchev–Trinajstić information content (AvgIpc) is 2.71. The van der Waals surface area contributed by atoms with Crippen molar-refractivity contribution < 1.29 is 9.59 Å². The van der Waals surface area contributed by atoms with E-state index in [4.69, 9.17) is 0 Å². The first kappa shape index (κ1) is 8.45. The van der Waals surface area contributed by atoms with Gasteiger partial charge in [-0.3, -0.25) is 14.9 Å². The Morgan fingerprint density at radius 1 is 1.00 bits per heavy atom. The van der Waals surface area contributed by atoms with Crippen molar-refractivity contribution in [1.29, 1.82) is 0 Å². The molecule has 3 aliphatic rings. The molecule has 1 aliphatic heterocycles. The number of fused-ring (bicyclic) bond motifs is 5. The van der Waals surface area contributed by atoms with Crippen LogP contribution >= 0.6 is 0 Å². The number of carbonyl (C=O) groups is 2. The Labute approximate surface area is 83.2 Å². The molecule has 6 unspecified atom stereocenters. The fraction of sp³-hybridized carbons (Fsp3) is 0.818. The molecule has 0 radical (unpaired) electrons. The van der Waals surface area contributed by atoms with E-state index in [1.165, 1.54) is 0 Å². The standard InChI is InChI=1S/C11H15NO2/c1-4-5(2)7-3-6(4)8-9(7)11(14)12-10(8)13/h4-9H,3H2,1-2H3,(H,12,13,14). The van der Waals surface area contributed by atoms with Gasteiger partial charge in [-0.15, -0.1) is 0 Å². The largest absolute Gasteiger partial charge is 0.296 e. The predicted octanol–water partition coefficient (Wildman–Crippen LogP) is 0.797. The molecule has 14 heavy (non-hydrogen) atoms. The minimum Gasteiger partial charge on any atom is -0.296 e. The molecule has 6 atom stereocenters. The molecule has 0 aromatic carbocycles.